The normalized spacial score (nSPS) is 11.5. The van der Waals surface area contributed by atoms with Crippen molar-refractivity contribution in [2.75, 3.05) is 39.3 Å². The van der Waals surface area contributed by atoms with Crippen molar-refractivity contribution in [3.05, 3.63) is 17.5 Å². The Labute approximate surface area is 127 Å². The van der Waals surface area contributed by atoms with Crippen LogP contribution in [-0.2, 0) is 11.3 Å². The zero-order chi connectivity index (χ0) is 15.8. The van der Waals surface area contributed by atoms with Crippen molar-refractivity contribution in [1.82, 2.24) is 19.6 Å². The van der Waals surface area contributed by atoms with Gasteiger partial charge in [0, 0.05) is 25.3 Å². The summed E-state index contributed by atoms with van der Waals surface area (Å²) < 4.78 is 1.95. The molecule has 0 aromatic carbocycles. The molecule has 0 spiro atoms. The number of rotatable bonds is 10. The lowest BCUT2D eigenvalue weighted by molar-refractivity contribution is -0.138. The standard InChI is InChI=1S/C15H28N4O2/c1-5-17(6-2)7-8-18(12-15(20)21)9-10-19-14(4)11-13(3)16-19/h11H,5-10,12H2,1-4H3,(H,20,21). The van der Waals surface area contributed by atoms with E-state index in [9.17, 15) is 4.79 Å². The van der Waals surface area contributed by atoms with Gasteiger partial charge in [-0.15, -0.1) is 0 Å². The number of aliphatic carboxylic acids is 1. The van der Waals surface area contributed by atoms with E-state index in [1.807, 2.05) is 29.5 Å². The molecule has 1 heterocycles. The maximum atomic E-state index is 11.0. The Balaban J connectivity index is 2.53. The van der Waals surface area contributed by atoms with Crippen LogP contribution in [0.2, 0.25) is 0 Å². The predicted molar refractivity (Wildman–Crippen MR) is 83.6 cm³/mol. The first-order valence-electron chi connectivity index (χ1n) is 7.63. The molecular weight excluding hydrogens is 268 g/mol. The highest BCUT2D eigenvalue weighted by atomic mass is 16.4. The largest absolute Gasteiger partial charge is 0.480 e. The Hall–Kier alpha value is -1.40. The Bertz CT molecular complexity index is 441. The first-order valence-corrected chi connectivity index (χ1v) is 7.63. The number of hydrogen-bond acceptors (Lipinski definition) is 4. The van der Waals surface area contributed by atoms with Gasteiger partial charge in [0.2, 0.25) is 0 Å². The van der Waals surface area contributed by atoms with Crippen LogP contribution in [-0.4, -0.2) is 69.9 Å². The van der Waals surface area contributed by atoms with Crippen LogP contribution in [0, 0.1) is 13.8 Å². The molecule has 0 saturated heterocycles. The molecule has 1 rings (SSSR count). The molecule has 0 aliphatic heterocycles. The summed E-state index contributed by atoms with van der Waals surface area (Å²) in [6.45, 7) is 13.4. The molecule has 1 aromatic rings. The highest BCUT2D eigenvalue weighted by Crippen LogP contribution is 2.02. The van der Waals surface area contributed by atoms with Crippen molar-refractivity contribution < 1.29 is 9.90 Å². The lowest BCUT2D eigenvalue weighted by Gasteiger charge is -2.25. The number of carboxylic acid groups (broad SMARTS) is 1. The number of nitrogens with zero attached hydrogens (tertiary/aromatic N) is 4. The van der Waals surface area contributed by atoms with Gasteiger partial charge in [0.15, 0.2) is 0 Å². The molecule has 0 radical (unpaired) electrons. The minimum Gasteiger partial charge on any atom is -0.480 e. The van der Waals surface area contributed by atoms with Crippen LogP contribution in [0.5, 0.6) is 0 Å². The lowest BCUT2D eigenvalue weighted by atomic mass is 10.4. The summed E-state index contributed by atoms with van der Waals surface area (Å²) in [6, 6.07) is 2.04. The van der Waals surface area contributed by atoms with E-state index in [-0.39, 0.29) is 6.54 Å². The van der Waals surface area contributed by atoms with Gasteiger partial charge in [-0.05, 0) is 33.0 Å². The Kier molecular flexibility index (Phi) is 7.39. The smallest absolute Gasteiger partial charge is 0.317 e. The molecule has 0 atom stereocenters. The summed E-state index contributed by atoms with van der Waals surface area (Å²) in [7, 11) is 0. The van der Waals surface area contributed by atoms with Crippen LogP contribution in [0.1, 0.15) is 25.2 Å². The first-order chi connectivity index (χ1) is 9.96. The van der Waals surface area contributed by atoms with E-state index in [0.717, 1.165) is 44.1 Å². The van der Waals surface area contributed by atoms with Crippen molar-refractivity contribution in [1.29, 1.82) is 0 Å². The quantitative estimate of drug-likeness (QED) is 0.703. The van der Waals surface area contributed by atoms with E-state index in [4.69, 9.17) is 5.11 Å². The van der Waals surface area contributed by atoms with Gasteiger partial charge >= 0.3 is 5.97 Å². The average molecular weight is 296 g/mol. The molecule has 1 aromatic heterocycles. The fraction of sp³-hybridized carbons (Fsp3) is 0.733. The number of aromatic nitrogens is 2. The zero-order valence-electron chi connectivity index (χ0n) is 13.7. The zero-order valence-corrected chi connectivity index (χ0v) is 13.7. The molecule has 120 valence electrons. The van der Waals surface area contributed by atoms with E-state index in [1.54, 1.807) is 0 Å². The number of carbonyl (C=O) groups is 1. The molecule has 0 unspecified atom stereocenters. The number of likely N-dealkylation sites (N-methyl/N-ethyl adjacent to an activating group) is 1. The van der Waals surface area contributed by atoms with E-state index in [1.165, 1.54) is 0 Å². The van der Waals surface area contributed by atoms with Crippen LogP contribution in [0.25, 0.3) is 0 Å². The second kappa shape index (κ2) is 8.79. The van der Waals surface area contributed by atoms with E-state index in [2.05, 4.69) is 23.8 Å². The van der Waals surface area contributed by atoms with Crippen LogP contribution in [0.15, 0.2) is 6.07 Å². The number of aryl methyl sites for hydroxylation is 2. The van der Waals surface area contributed by atoms with Gasteiger partial charge in [-0.3, -0.25) is 14.4 Å². The predicted octanol–water partition coefficient (Wildman–Crippen LogP) is 1.23. The highest BCUT2D eigenvalue weighted by Gasteiger charge is 2.12. The minimum absolute atomic E-state index is 0.0839. The number of carboxylic acids is 1. The van der Waals surface area contributed by atoms with Crippen LogP contribution in [0.3, 0.4) is 0 Å². The van der Waals surface area contributed by atoms with Crippen LogP contribution < -0.4 is 0 Å². The summed E-state index contributed by atoms with van der Waals surface area (Å²) in [6.07, 6.45) is 0. The van der Waals surface area contributed by atoms with Crippen molar-refractivity contribution in [3.63, 3.8) is 0 Å². The van der Waals surface area contributed by atoms with E-state index < -0.39 is 5.97 Å². The molecule has 1 N–H and O–H groups in total. The van der Waals surface area contributed by atoms with E-state index >= 15 is 0 Å². The summed E-state index contributed by atoms with van der Waals surface area (Å²) in [5, 5.41) is 13.5. The third-order valence-electron chi connectivity index (χ3n) is 3.72. The van der Waals surface area contributed by atoms with Gasteiger partial charge in [0.25, 0.3) is 0 Å². The van der Waals surface area contributed by atoms with Gasteiger partial charge in [0.1, 0.15) is 0 Å². The van der Waals surface area contributed by atoms with Gasteiger partial charge in [-0.1, -0.05) is 13.8 Å². The molecule has 0 aliphatic carbocycles. The summed E-state index contributed by atoms with van der Waals surface area (Å²) in [4.78, 5) is 15.3. The maximum absolute atomic E-state index is 11.0. The molecule has 0 amide bonds. The van der Waals surface area contributed by atoms with Crippen molar-refractivity contribution in [2.45, 2.75) is 34.2 Å². The Morgan fingerprint density at radius 2 is 1.81 bits per heavy atom. The molecule has 0 aliphatic rings. The Morgan fingerprint density at radius 1 is 1.19 bits per heavy atom. The van der Waals surface area contributed by atoms with Crippen molar-refractivity contribution in [2.24, 2.45) is 0 Å². The van der Waals surface area contributed by atoms with Gasteiger partial charge in [-0.25, -0.2) is 0 Å². The summed E-state index contributed by atoms with van der Waals surface area (Å²) in [5.74, 6) is -0.775. The second-order valence-electron chi connectivity index (χ2n) is 5.35. The van der Waals surface area contributed by atoms with Gasteiger partial charge in [0.05, 0.1) is 18.8 Å². The maximum Gasteiger partial charge on any atom is 0.317 e. The molecule has 0 fully saturated rings. The molecule has 21 heavy (non-hydrogen) atoms. The summed E-state index contributed by atoms with van der Waals surface area (Å²) in [5.41, 5.74) is 2.12. The molecule has 6 heteroatoms. The summed E-state index contributed by atoms with van der Waals surface area (Å²) >= 11 is 0. The number of hydrogen-bond donors (Lipinski definition) is 1. The molecule has 0 saturated carbocycles. The lowest BCUT2D eigenvalue weighted by Crippen LogP contribution is -2.39. The minimum atomic E-state index is -0.775. The average Bonchev–Trinajstić information content (AvgIpc) is 2.74. The van der Waals surface area contributed by atoms with Crippen molar-refractivity contribution >= 4 is 5.97 Å². The first kappa shape index (κ1) is 17.7. The topological polar surface area (TPSA) is 61.6 Å². The fourth-order valence-corrected chi connectivity index (χ4v) is 2.42. The third kappa shape index (κ3) is 6.27. The molecular formula is C15H28N4O2. The van der Waals surface area contributed by atoms with Gasteiger partial charge < -0.3 is 10.0 Å². The third-order valence-corrected chi connectivity index (χ3v) is 3.72. The van der Waals surface area contributed by atoms with Crippen LogP contribution >= 0.6 is 0 Å². The molecule has 0 bridgehead atoms. The monoisotopic (exact) mass is 296 g/mol. The molecule has 6 nitrogen and oxygen atoms in total. The second-order valence-corrected chi connectivity index (χ2v) is 5.35. The highest BCUT2D eigenvalue weighted by molar-refractivity contribution is 5.69. The van der Waals surface area contributed by atoms with Crippen LogP contribution in [0.4, 0.5) is 0 Å². The Morgan fingerprint density at radius 3 is 2.29 bits per heavy atom. The van der Waals surface area contributed by atoms with E-state index in [0.29, 0.717) is 6.54 Å². The van der Waals surface area contributed by atoms with Crippen molar-refractivity contribution in [3.8, 4) is 0 Å². The van der Waals surface area contributed by atoms with Gasteiger partial charge in [-0.2, -0.15) is 5.10 Å². The fourth-order valence-electron chi connectivity index (χ4n) is 2.42. The SMILES string of the molecule is CCN(CC)CCN(CCn1nc(C)cc1C)CC(=O)O.